The SMILES string of the molecule is CC(C)(C)c1ccc(-c2nc(-c3ccccc3)cc(-c3ccccc3)n2)cc1.CC(C)(C)c1cccc(-c2nc(-c3ccccc3)cc(-c3ccccc3)n2)c1.CC(C)(C)c1nc(-c2ccc(-c3ccccc3)cc2)nc(-c2ccc(-c3ccccc3)cc2)n1.CC(C)(C)c1nc(-c2ccccc2)cc(-c2ccccc2)n1.CC(C)(C)c1nc(-c2ccccc2)nc(-c2ccc(-c3ccccc3)cc2)n1. The van der Waals surface area contributed by atoms with Crippen molar-refractivity contribution in [2.45, 2.75) is 131 Å². The smallest absolute Gasteiger partial charge is 0.163 e. The average molecular weight is 1820 g/mol. The fourth-order valence-electron chi connectivity index (χ4n) is 15.6. The summed E-state index contributed by atoms with van der Waals surface area (Å²) in [5, 5.41) is 0. The van der Waals surface area contributed by atoms with Crippen LogP contribution in [-0.2, 0) is 27.1 Å². The summed E-state index contributed by atoms with van der Waals surface area (Å²) in [7, 11) is 0. The topological polar surface area (TPSA) is 155 Å². The van der Waals surface area contributed by atoms with Crippen molar-refractivity contribution in [1.82, 2.24) is 59.8 Å². The highest BCUT2D eigenvalue weighted by Gasteiger charge is 2.26. The number of rotatable bonds is 15. The number of nitrogens with zero attached hydrogens (tertiary/aromatic N) is 12. The maximum atomic E-state index is 4.91. The molecular weight excluding hydrogens is 1710 g/mol. The van der Waals surface area contributed by atoms with E-state index >= 15 is 0 Å². The van der Waals surface area contributed by atoms with Crippen LogP contribution in [0.1, 0.15) is 132 Å². The van der Waals surface area contributed by atoms with Crippen molar-refractivity contribution in [2.24, 2.45) is 0 Å². The minimum Gasteiger partial charge on any atom is -0.232 e. The number of aromatic nitrogens is 12. The molecule has 0 saturated heterocycles. The van der Waals surface area contributed by atoms with Crippen molar-refractivity contribution >= 4 is 0 Å². The van der Waals surface area contributed by atoms with Gasteiger partial charge in [-0.1, -0.05) is 522 Å². The van der Waals surface area contributed by atoms with Gasteiger partial charge in [0.25, 0.3) is 0 Å². The van der Waals surface area contributed by atoms with Crippen LogP contribution < -0.4 is 0 Å². The lowest BCUT2D eigenvalue weighted by molar-refractivity contribution is 0.543. The Morgan fingerprint density at radius 2 is 0.286 bits per heavy atom. The second kappa shape index (κ2) is 43.7. The third-order valence-corrected chi connectivity index (χ3v) is 23.7. The van der Waals surface area contributed by atoms with Gasteiger partial charge in [0.1, 0.15) is 17.5 Å². The van der Waals surface area contributed by atoms with Gasteiger partial charge < -0.3 is 0 Å². The van der Waals surface area contributed by atoms with Crippen molar-refractivity contribution in [3.05, 3.63) is 471 Å². The van der Waals surface area contributed by atoms with Crippen LogP contribution in [0.5, 0.6) is 0 Å². The zero-order valence-electron chi connectivity index (χ0n) is 82.5. The molecule has 5 heterocycles. The molecule has 0 aliphatic rings. The van der Waals surface area contributed by atoms with Crippen LogP contribution in [0.25, 0.3) is 169 Å². The van der Waals surface area contributed by atoms with Crippen LogP contribution >= 0.6 is 0 Å². The quantitative estimate of drug-likeness (QED) is 0.0959. The molecule has 15 aromatic carbocycles. The Bertz CT molecular complexity index is 7140. The minimum absolute atomic E-state index is 0.0787. The van der Waals surface area contributed by atoms with Crippen LogP contribution in [-0.4, -0.2) is 59.8 Å². The normalized spacial score (nSPS) is 11.4. The molecule has 140 heavy (non-hydrogen) atoms. The number of benzene rings is 15. The molecule has 12 heteroatoms. The van der Waals surface area contributed by atoms with Crippen molar-refractivity contribution < 1.29 is 0 Å². The third kappa shape index (κ3) is 25.4. The highest BCUT2D eigenvalue weighted by molar-refractivity contribution is 5.77. The van der Waals surface area contributed by atoms with Gasteiger partial charge in [-0.15, -0.1) is 0 Å². The lowest BCUT2D eigenvalue weighted by Gasteiger charge is -2.19. The van der Waals surface area contributed by atoms with Gasteiger partial charge in [0.05, 0.1) is 34.2 Å². The molecular formula is C128H118N12. The molecule has 0 aliphatic heterocycles. The number of hydrogen-bond acceptors (Lipinski definition) is 12. The molecule has 5 aromatic heterocycles. The van der Waals surface area contributed by atoms with Gasteiger partial charge in [-0.25, -0.2) is 59.8 Å². The molecule has 0 spiro atoms. The molecule has 690 valence electrons. The lowest BCUT2D eigenvalue weighted by atomic mass is 9.86. The van der Waals surface area contributed by atoms with Gasteiger partial charge in [-0.05, 0) is 79.6 Å². The fourth-order valence-corrected chi connectivity index (χ4v) is 15.6. The first kappa shape index (κ1) is 96.7. The maximum Gasteiger partial charge on any atom is 0.163 e. The first-order valence-corrected chi connectivity index (χ1v) is 47.8. The highest BCUT2D eigenvalue weighted by Crippen LogP contribution is 2.38. The summed E-state index contributed by atoms with van der Waals surface area (Å²) in [6.07, 6.45) is 0. The Hall–Kier alpha value is -16.4. The molecule has 0 atom stereocenters. The zero-order valence-corrected chi connectivity index (χ0v) is 82.5. The van der Waals surface area contributed by atoms with Gasteiger partial charge in [0.15, 0.2) is 34.9 Å². The standard InChI is InChI=1S/C31H27N3.2C26H24N2.C25H23N3.C20H20N2/c1-31(2,3)30-33-28(26-18-14-24(15-19-26)22-10-6-4-7-11-22)32-29(34-30)27-20-16-25(17-21-27)23-12-8-5-9-13-23;1-26(2,3)22-16-10-15-21(17-22)25-27-23(19-11-6-4-7-12-19)18-24(28-25)20-13-8-5-9-14-20;1-26(2,3)22-16-14-21(15-17-22)25-27-23(19-10-6-4-7-11-19)18-24(28-25)20-12-8-5-9-13-20;1-25(2,3)24-27-22(20-12-8-5-9-13-20)26-23(28-24)21-16-14-19(15-17-21)18-10-6-4-7-11-18;1-20(2,3)19-21-17(15-10-6-4-7-11-15)14-18(22-19)16-12-8-5-9-13-16/h4-21H,1-3H3;2*4-18H,1-3H3;4-17H,1-3H3;4-14H,1-3H3. The summed E-state index contributed by atoms with van der Waals surface area (Å²) in [4.78, 5) is 58.0. The molecule has 0 unspecified atom stereocenters. The summed E-state index contributed by atoms with van der Waals surface area (Å²) >= 11 is 0. The summed E-state index contributed by atoms with van der Waals surface area (Å²) in [6.45, 7) is 32.6. The lowest BCUT2D eigenvalue weighted by Crippen LogP contribution is -2.18. The average Bonchev–Trinajstić information content (AvgIpc) is 0.838. The van der Waals surface area contributed by atoms with E-state index in [1.165, 1.54) is 44.5 Å². The Morgan fingerprint density at radius 1 is 0.114 bits per heavy atom. The van der Waals surface area contributed by atoms with E-state index in [9.17, 15) is 0 Å². The Kier molecular flexibility index (Phi) is 30.2. The van der Waals surface area contributed by atoms with Crippen molar-refractivity contribution in [3.63, 3.8) is 0 Å². The Balaban J connectivity index is 0.000000127. The molecule has 0 radical (unpaired) electrons. The molecule has 0 N–H and O–H groups in total. The van der Waals surface area contributed by atoms with Crippen LogP contribution in [0.2, 0.25) is 0 Å². The fraction of sp³-hybridized carbons (Fsp3) is 0.156. The first-order valence-electron chi connectivity index (χ1n) is 47.8. The summed E-state index contributed by atoms with van der Waals surface area (Å²) in [6, 6.07) is 151. The van der Waals surface area contributed by atoms with E-state index in [-0.39, 0.29) is 27.1 Å². The molecule has 20 rings (SSSR count). The van der Waals surface area contributed by atoms with E-state index in [1.807, 2.05) is 158 Å². The zero-order chi connectivity index (χ0) is 97.8. The molecule has 0 amide bonds. The highest BCUT2D eigenvalue weighted by atomic mass is 15.1. The van der Waals surface area contributed by atoms with Crippen LogP contribution in [0.15, 0.2) is 443 Å². The molecule has 0 fully saturated rings. The minimum atomic E-state index is -0.194. The monoisotopic (exact) mass is 1820 g/mol. The van der Waals surface area contributed by atoms with Crippen molar-refractivity contribution in [2.75, 3.05) is 0 Å². The van der Waals surface area contributed by atoms with Crippen LogP contribution in [0.3, 0.4) is 0 Å². The predicted octanol–water partition coefficient (Wildman–Crippen LogP) is 32.7. The summed E-state index contributed by atoms with van der Waals surface area (Å²) in [5.41, 5.74) is 27.8. The van der Waals surface area contributed by atoms with E-state index in [2.05, 4.69) is 389 Å². The Labute approximate surface area is 825 Å². The second-order valence-electron chi connectivity index (χ2n) is 39.8. The van der Waals surface area contributed by atoms with Crippen molar-refractivity contribution in [1.29, 1.82) is 0 Å². The maximum absolute atomic E-state index is 4.91. The molecule has 12 nitrogen and oxygen atoms in total. The van der Waals surface area contributed by atoms with Crippen molar-refractivity contribution in [3.8, 4) is 169 Å². The van der Waals surface area contributed by atoms with E-state index < -0.39 is 0 Å². The van der Waals surface area contributed by atoms with E-state index in [1.54, 1.807) is 0 Å². The van der Waals surface area contributed by atoms with E-state index in [0.29, 0.717) is 23.3 Å². The molecule has 20 aromatic rings. The van der Waals surface area contributed by atoms with E-state index in [4.69, 9.17) is 59.8 Å². The molecule has 0 bridgehead atoms. The van der Waals surface area contributed by atoms with Gasteiger partial charge >= 0.3 is 0 Å². The number of hydrogen-bond donors (Lipinski definition) is 0. The molecule has 0 aliphatic carbocycles. The van der Waals surface area contributed by atoms with Gasteiger partial charge in [0.2, 0.25) is 0 Å². The van der Waals surface area contributed by atoms with E-state index in [0.717, 1.165) is 130 Å². The van der Waals surface area contributed by atoms with Gasteiger partial charge in [-0.2, -0.15) is 0 Å². The first-order chi connectivity index (χ1) is 67.5. The predicted molar refractivity (Wildman–Crippen MR) is 581 cm³/mol. The van der Waals surface area contributed by atoms with Crippen LogP contribution in [0.4, 0.5) is 0 Å². The third-order valence-electron chi connectivity index (χ3n) is 23.7. The summed E-state index contributed by atoms with van der Waals surface area (Å²) in [5.74, 6) is 6.76. The van der Waals surface area contributed by atoms with Gasteiger partial charge in [-0.3, -0.25) is 0 Å². The largest absolute Gasteiger partial charge is 0.232 e. The summed E-state index contributed by atoms with van der Waals surface area (Å²) < 4.78 is 0. The second-order valence-corrected chi connectivity index (χ2v) is 39.8. The van der Waals surface area contributed by atoms with Crippen LogP contribution in [0, 0.1) is 0 Å². The molecule has 0 saturated carbocycles. The Morgan fingerprint density at radius 3 is 0.521 bits per heavy atom. The van der Waals surface area contributed by atoms with Gasteiger partial charge in [0, 0.05) is 83.0 Å².